The second-order valence-electron chi connectivity index (χ2n) is 11.4. The molecule has 0 spiro atoms. The lowest BCUT2D eigenvalue weighted by atomic mass is 10.0. The number of hydrogen-bond acceptors (Lipinski definition) is 5. The summed E-state index contributed by atoms with van der Waals surface area (Å²) in [6.07, 6.45) is 1.74. The predicted octanol–water partition coefficient (Wildman–Crippen LogP) is 5.94. The summed E-state index contributed by atoms with van der Waals surface area (Å²) in [5, 5.41) is 2.99. The Hall–Kier alpha value is -3.89. The van der Waals surface area contributed by atoms with E-state index in [9.17, 15) is 18.0 Å². The van der Waals surface area contributed by atoms with Gasteiger partial charge in [-0.15, -0.1) is 0 Å². The van der Waals surface area contributed by atoms with Gasteiger partial charge in [-0.25, -0.2) is 13.2 Å². The number of hydrogen-bond donors (Lipinski definition) is 1. The average molecular weight is 621 g/mol. The quantitative estimate of drug-likeness (QED) is 0.270. The van der Waals surface area contributed by atoms with Crippen LogP contribution in [0.5, 0.6) is 5.75 Å². The summed E-state index contributed by atoms with van der Waals surface area (Å²) in [6.45, 7) is 7.42. The van der Waals surface area contributed by atoms with Crippen LogP contribution in [-0.4, -0.2) is 73.8 Å². The van der Waals surface area contributed by atoms with E-state index in [1.54, 1.807) is 47.2 Å². The van der Waals surface area contributed by atoms with E-state index in [4.69, 9.17) is 4.74 Å². The fraction of sp³-hybridized carbons (Fsp3) is 0.412. The fourth-order valence-electron chi connectivity index (χ4n) is 5.40. The molecule has 0 aliphatic carbocycles. The Morgan fingerprint density at radius 2 is 1.59 bits per heavy atom. The molecule has 3 aromatic carbocycles. The van der Waals surface area contributed by atoms with Gasteiger partial charge in [-0.2, -0.15) is 4.31 Å². The molecule has 3 amide bonds. The van der Waals surface area contributed by atoms with E-state index >= 15 is 0 Å². The molecule has 0 saturated carbocycles. The van der Waals surface area contributed by atoms with Crippen molar-refractivity contribution >= 4 is 27.6 Å². The second kappa shape index (κ2) is 15.2. The molecule has 0 aromatic heterocycles. The first-order chi connectivity index (χ1) is 21.1. The van der Waals surface area contributed by atoms with Gasteiger partial charge in [-0.3, -0.25) is 4.79 Å². The fourth-order valence-corrected chi connectivity index (χ4v) is 6.90. The van der Waals surface area contributed by atoms with Gasteiger partial charge >= 0.3 is 6.03 Å². The molecule has 1 N–H and O–H groups in total. The number of ether oxygens (including phenoxy) is 1. The molecule has 10 heteroatoms. The van der Waals surface area contributed by atoms with Gasteiger partial charge in [-0.05, 0) is 72.7 Å². The normalized spacial score (nSPS) is 14.1. The van der Waals surface area contributed by atoms with Crippen LogP contribution in [0.1, 0.15) is 57.1 Å². The molecule has 0 atom stereocenters. The van der Waals surface area contributed by atoms with E-state index in [0.29, 0.717) is 50.6 Å². The third-order valence-electron chi connectivity index (χ3n) is 8.02. The highest BCUT2D eigenvalue weighted by Gasteiger charge is 2.33. The number of carbonyl (C=O) groups is 2. The molecule has 1 aliphatic rings. The van der Waals surface area contributed by atoms with Crippen molar-refractivity contribution < 1.29 is 22.7 Å². The van der Waals surface area contributed by atoms with Crippen molar-refractivity contribution in [2.24, 2.45) is 0 Å². The van der Waals surface area contributed by atoms with Crippen molar-refractivity contribution in [2.75, 3.05) is 38.6 Å². The summed E-state index contributed by atoms with van der Waals surface area (Å²) in [7, 11) is -2.25. The highest BCUT2D eigenvalue weighted by Crippen LogP contribution is 2.24. The zero-order valence-electron chi connectivity index (χ0n) is 26.1. The van der Waals surface area contributed by atoms with Crippen LogP contribution in [0.15, 0.2) is 83.8 Å². The Balaban J connectivity index is 1.48. The minimum Gasteiger partial charge on any atom is -0.497 e. The lowest BCUT2D eigenvalue weighted by molar-refractivity contribution is -0.135. The van der Waals surface area contributed by atoms with Crippen LogP contribution in [0.4, 0.5) is 10.5 Å². The van der Waals surface area contributed by atoms with Crippen LogP contribution in [0.2, 0.25) is 0 Å². The standard InChI is InChI=1S/C34H44N4O5S/c1-5-21-37(44(41,42)32-9-7-6-8-10-32)25-33(39)38(24-27-11-17-31(43-4)18-12-27)30-19-22-36(23-20-30)34(40)35-29-15-13-28(14-16-29)26(2)3/h6-18,26,30H,5,19-25H2,1-4H3,(H,35,40). The van der Waals surface area contributed by atoms with E-state index in [0.717, 1.165) is 11.3 Å². The first kappa shape index (κ1) is 33.0. The Kier molecular flexibility index (Phi) is 11.4. The molecule has 44 heavy (non-hydrogen) atoms. The lowest BCUT2D eigenvalue weighted by Gasteiger charge is -2.39. The van der Waals surface area contributed by atoms with Gasteiger partial charge in [0.2, 0.25) is 15.9 Å². The van der Waals surface area contributed by atoms with Crippen LogP contribution in [-0.2, 0) is 21.4 Å². The van der Waals surface area contributed by atoms with Crippen molar-refractivity contribution in [3.63, 3.8) is 0 Å². The summed E-state index contributed by atoms with van der Waals surface area (Å²) >= 11 is 0. The maximum Gasteiger partial charge on any atom is 0.321 e. The smallest absolute Gasteiger partial charge is 0.321 e. The number of methoxy groups -OCH3 is 1. The van der Waals surface area contributed by atoms with Crippen LogP contribution in [0, 0.1) is 0 Å². The molecular formula is C34H44N4O5S. The molecule has 4 rings (SSSR count). The molecule has 3 aromatic rings. The van der Waals surface area contributed by atoms with Crippen molar-refractivity contribution in [2.45, 2.75) is 63.4 Å². The third-order valence-corrected chi connectivity index (χ3v) is 9.88. The summed E-state index contributed by atoms with van der Waals surface area (Å²) in [5.41, 5.74) is 2.87. The van der Waals surface area contributed by atoms with Crippen molar-refractivity contribution in [3.8, 4) is 5.75 Å². The van der Waals surface area contributed by atoms with Gasteiger partial charge in [0, 0.05) is 37.9 Å². The number of urea groups is 1. The van der Waals surface area contributed by atoms with E-state index in [1.165, 1.54) is 9.87 Å². The molecule has 9 nitrogen and oxygen atoms in total. The molecule has 0 radical (unpaired) electrons. The maximum absolute atomic E-state index is 14.0. The minimum atomic E-state index is -3.85. The number of carbonyl (C=O) groups excluding carboxylic acids is 2. The summed E-state index contributed by atoms with van der Waals surface area (Å²) in [4.78, 5) is 30.7. The van der Waals surface area contributed by atoms with Crippen LogP contribution < -0.4 is 10.1 Å². The number of amides is 3. The predicted molar refractivity (Wildman–Crippen MR) is 173 cm³/mol. The highest BCUT2D eigenvalue weighted by atomic mass is 32.2. The number of sulfonamides is 1. The molecule has 0 unspecified atom stereocenters. The van der Waals surface area contributed by atoms with Gasteiger partial charge in [0.25, 0.3) is 0 Å². The molecule has 1 aliphatic heterocycles. The van der Waals surface area contributed by atoms with Gasteiger partial charge in [0.1, 0.15) is 5.75 Å². The third kappa shape index (κ3) is 8.39. The molecular weight excluding hydrogens is 576 g/mol. The van der Waals surface area contributed by atoms with Gasteiger partial charge in [0.15, 0.2) is 0 Å². The topological polar surface area (TPSA) is 99.3 Å². The van der Waals surface area contributed by atoms with Gasteiger partial charge < -0.3 is 19.9 Å². The largest absolute Gasteiger partial charge is 0.497 e. The average Bonchev–Trinajstić information content (AvgIpc) is 3.04. The number of anilines is 1. The molecule has 0 bridgehead atoms. The zero-order valence-corrected chi connectivity index (χ0v) is 26.9. The SMILES string of the molecule is CCCN(CC(=O)N(Cc1ccc(OC)cc1)C1CCN(C(=O)Nc2ccc(C(C)C)cc2)CC1)S(=O)(=O)c1ccccc1. The summed E-state index contributed by atoms with van der Waals surface area (Å²) in [5.74, 6) is 0.865. The first-order valence-corrected chi connectivity index (χ1v) is 16.7. The summed E-state index contributed by atoms with van der Waals surface area (Å²) < 4.78 is 33.6. The van der Waals surface area contributed by atoms with Crippen LogP contribution in [0.3, 0.4) is 0 Å². The lowest BCUT2D eigenvalue weighted by Crippen LogP contribution is -2.51. The number of rotatable bonds is 12. The number of piperidine rings is 1. The second-order valence-corrected chi connectivity index (χ2v) is 13.4. The number of benzene rings is 3. The first-order valence-electron chi connectivity index (χ1n) is 15.3. The Morgan fingerprint density at radius 1 is 0.955 bits per heavy atom. The zero-order chi connectivity index (χ0) is 31.7. The van der Waals surface area contributed by atoms with Gasteiger partial charge in [-0.1, -0.05) is 63.2 Å². The number of nitrogens with zero attached hydrogens (tertiary/aromatic N) is 3. The number of nitrogens with one attached hydrogen (secondary N) is 1. The Morgan fingerprint density at radius 3 is 2.16 bits per heavy atom. The molecule has 1 heterocycles. The van der Waals surface area contributed by atoms with Crippen molar-refractivity contribution in [1.82, 2.24) is 14.1 Å². The van der Waals surface area contributed by atoms with E-state index in [-0.39, 0.29) is 36.0 Å². The van der Waals surface area contributed by atoms with Crippen LogP contribution >= 0.6 is 0 Å². The minimum absolute atomic E-state index is 0.151. The van der Waals surface area contributed by atoms with E-state index in [2.05, 4.69) is 19.2 Å². The number of likely N-dealkylation sites (tertiary alicyclic amines) is 1. The van der Waals surface area contributed by atoms with E-state index in [1.807, 2.05) is 55.5 Å². The van der Waals surface area contributed by atoms with Gasteiger partial charge in [0.05, 0.1) is 18.6 Å². The molecule has 1 fully saturated rings. The Labute approximate surface area is 261 Å². The Bertz CT molecular complexity index is 1470. The monoisotopic (exact) mass is 620 g/mol. The molecule has 1 saturated heterocycles. The van der Waals surface area contributed by atoms with Crippen LogP contribution in [0.25, 0.3) is 0 Å². The van der Waals surface area contributed by atoms with E-state index < -0.39 is 10.0 Å². The van der Waals surface area contributed by atoms with Crippen molar-refractivity contribution in [3.05, 3.63) is 90.0 Å². The molecule has 236 valence electrons. The maximum atomic E-state index is 14.0. The summed E-state index contributed by atoms with van der Waals surface area (Å²) in [6, 6.07) is 23.3. The van der Waals surface area contributed by atoms with Crippen molar-refractivity contribution in [1.29, 1.82) is 0 Å². The highest BCUT2D eigenvalue weighted by molar-refractivity contribution is 7.89.